The van der Waals surface area contributed by atoms with E-state index in [1.54, 1.807) is 7.11 Å². The lowest BCUT2D eigenvalue weighted by molar-refractivity contribution is 0.0576. The van der Waals surface area contributed by atoms with Crippen LogP contribution in [-0.4, -0.2) is 66.5 Å². The molecule has 1 atom stereocenters. The Bertz CT molecular complexity index is 897. The molecule has 0 saturated carbocycles. The minimum atomic E-state index is 0.137. The lowest BCUT2D eigenvalue weighted by Gasteiger charge is -2.38. The summed E-state index contributed by atoms with van der Waals surface area (Å²) in [6.45, 7) is 12.5. The Morgan fingerprint density at radius 2 is 1.84 bits per heavy atom. The van der Waals surface area contributed by atoms with Crippen molar-refractivity contribution in [3.8, 4) is 5.75 Å². The number of methoxy groups -OCH3 is 1. The topological polar surface area (TPSA) is 49.2 Å². The third-order valence-electron chi connectivity index (χ3n) is 6.90. The zero-order valence-corrected chi connectivity index (χ0v) is 19.3. The maximum Gasteiger partial charge on any atom is 0.257 e. The fourth-order valence-electron chi connectivity index (χ4n) is 4.77. The number of hydrogen-bond donors (Lipinski definition) is 0. The van der Waals surface area contributed by atoms with Gasteiger partial charge in [-0.25, -0.2) is 0 Å². The molecule has 6 nitrogen and oxygen atoms in total. The molecule has 1 fully saturated rings. The summed E-state index contributed by atoms with van der Waals surface area (Å²) in [6.07, 6.45) is 1.99. The van der Waals surface area contributed by atoms with Crippen molar-refractivity contribution in [2.75, 3.05) is 39.8 Å². The van der Waals surface area contributed by atoms with Crippen LogP contribution in [0.5, 0.6) is 5.75 Å². The number of carbonyl (C=O) groups is 1. The number of benzene rings is 1. The van der Waals surface area contributed by atoms with Gasteiger partial charge in [0.2, 0.25) is 0 Å². The normalized spacial score (nSPS) is 18.6. The van der Waals surface area contributed by atoms with Crippen LogP contribution in [0.15, 0.2) is 28.7 Å². The van der Waals surface area contributed by atoms with Crippen LogP contribution >= 0.6 is 0 Å². The summed E-state index contributed by atoms with van der Waals surface area (Å²) in [5.41, 5.74) is 3.14. The molecule has 0 N–H and O–H groups in total. The summed E-state index contributed by atoms with van der Waals surface area (Å²) < 4.78 is 11.3. The minimum absolute atomic E-state index is 0.137. The van der Waals surface area contributed by atoms with E-state index in [1.807, 2.05) is 24.0 Å². The molecule has 2 aliphatic rings. The van der Waals surface area contributed by atoms with E-state index >= 15 is 0 Å². The minimum Gasteiger partial charge on any atom is -0.497 e. The molecule has 1 unspecified atom stereocenters. The van der Waals surface area contributed by atoms with Crippen molar-refractivity contribution in [3.63, 3.8) is 0 Å². The van der Waals surface area contributed by atoms with Crippen molar-refractivity contribution in [1.29, 1.82) is 0 Å². The second-order valence-corrected chi connectivity index (χ2v) is 8.83. The molecule has 0 spiro atoms. The van der Waals surface area contributed by atoms with E-state index in [-0.39, 0.29) is 5.91 Å². The predicted octanol–water partition coefficient (Wildman–Crippen LogP) is 3.71. The van der Waals surface area contributed by atoms with Crippen molar-refractivity contribution in [1.82, 2.24) is 14.7 Å². The van der Waals surface area contributed by atoms with Crippen LogP contribution in [0, 0.1) is 6.92 Å². The number of nitrogens with zero attached hydrogens (tertiary/aromatic N) is 3. The van der Waals surface area contributed by atoms with E-state index in [0.29, 0.717) is 6.04 Å². The van der Waals surface area contributed by atoms with Gasteiger partial charge in [0.25, 0.3) is 5.91 Å². The summed E-state index contributed by atoms with van der Waals surface area (Å²) in [6, 6.07) is 8.80. The van der Waals surface area contributed by atoms with E-state index in [1.165, 1.54) is 5.56 Å². The molecule has 2 aromatic rings. The Morgan fingerprint density at radius 1 is 1.13 bits per heavy atom. The highest BCUT2D eigenvalue weighted by Gasteiger charge is 2.32. The molecule has 1 aromatic carbocycles. The molecule has 0 aliphatic carbocycles. The third-order valence-corrected chi connectivity index (χ3v) is 6.90. The van der Waals surface area contributed by atoms with Crippen molar-refractivity contribution in [2.24, 2.45) is 0 Å². The Morgan fingerprint density at radius 3 is 2.48 bits per heavy atom. The van der Waals surface area contributed by atoms with Crippen molar-refractivity contribution < 1.29 is 13.9 Å². The number of amides is 1. The quantitative estimate of drug-likeness (QED) is 0.706. The van der Waals surface area contributed by atoms with Crippen molar-refractivity contribution in [2.45, 2.75) is 52.7 Å². The molecule has 3 heterocycles. The van der Waals surface area contributed by atoms with Crippen LogP contribution in [0.25, 0.3) is 0 Å². The molecule has 4 rings (SSSR count). The van der Waals surface area contributed by atoms with E-state index in [0.717, 1.165) is 87.1 Å². The SMILES string of the molecule is CCC(C)N1CCN(C(=O)c2c(C)oc3c2CN(Cc2ccc(OC)cc2)CC3)CC1. The Balaban J connectivity index is 1.45. The summed E-state index contributed by atoms with van der Waals surface area (Å²) in [4.78, 5) is 20.3. The van der Waals surface area contributed by atoms with E-state index < -0.39 is 0 Å². The average molecular weight is 426 g/mol. The van der Waals surface area contributed by atoms with Crippen LogP contribution in [0.2, 0.25) is 0 Å². The number of piperazine rings is 1. The fourth-order valence-corrected chi connectivity index (χ4v) is 4.77. The van der Waals surface area contributed by atoms with Crippen molar-refractivity contribution >= 4 is 5.91 Å². The number of hydrogen-bond acceptors (Lipinski definition) is 5. The highest BCUT2D eigenvalue weighted by atomic mass is 16.5. The van der Waals surface area contributed by atoms with Crippen LogP contribution in [0.4, 0.5) is 0 Å². The summed E-state index contributed by atoms with van der Waals surface area (Å²) in [7, 11) is 1.69. The zero-order chi connectivity index (χ0) is 22.0. The molecule has 1 amide bonds. The Labute approximate surface area is 185 Å². The number of furan rings is 1. The lowest BCUT2D eigenvalue weighted by atomic mass is 10.0. The average Bonchev–Trinajstić information content (AvgIpc) is 3.13. The first-order chi connectivity index (χ1) is 15.0. The van der Waals surface area contributed by atoms with Gasteiger partial charge in [-0.2, -0.15) is 0 Å². The number of rotatable bonds is 6. The molecular formula is C25H35N3O3. The fraction of sp³-hybridized carbons (Fsp3) is 0.560. The van der Waals surface area contributed by atoms with Crippen LogP contribution < -0.4 is 4.74 Å². The summed E-state index contributed by atoms with van der Waals surface area (Å²) in [5.74, 6) is 2.77. The molecular weight excluding hydrogens is 390 g/mol. The number of aryl methyl sites for hydroxylation is 1. The van der Waals surface area contributed by atoms with Crippen LogP contribution in [-0.2, 0) is 19.5 Å². The van der Waals surface area contributed by atoms with E-state index in [4.69, 9.17) is 9.15 Å². The first-order valence-electron chi connectivity index (χ1n) is 11.5. The van der Waals surface area contributed by atoms with Gasteiger partial charge in [-0.1, -0.05) is 19.1 Å². The standard InChI is InChI=1S/C25H35N3O3/c1-5-18(2)27-12-14-28(15-13-27)25(29)24-19(3)31-23-10-11-26(17-22(23)24)16-20-6-8-21(30-4)9-7-20/h6-9,18H,5,10-17H2,1-4H3. The van der Waals surface area contributed by atoms with Crippen LogP contribution in [0.1, 0.15) is 53.3 Å². The van der Waals surface area contributed by atoms with Gasteiger partial charge >= 0.3 is 0 Å². The van der Waals surface area contributed by atoms with Gasteiger partial charge in [-0.15, -0.1) is 0 Å². The van der Waals surface area contributed by atoms with Gasteiger partial charge in [0.1, 0.15) is 17.3 Å². The van der Waals surface area contributed by atoms with E-state index in [2.05, 4.69) is 35.8 Å². The van der Waals surface area contributed by atoms with Gasteiger partial charge in [-0.05, 0) is 38.0 Å². The largest absolute Gasteiger partial charge is 0.497 e. The zero-order valence-electron chi connectivity index (χ0n) is 19.3. The molecule has 0 radical (unpaired) electrons. The number of fused-ring (bicyclic) bond motifs is 1. The van der Waals surface area contributed by atoms with Crippen LogP contribution in [0.3, 0.4) is 0 Å². The number of carbonyl (C=O) groups excluding carboxylic acids is 1. The van der Waals surface area contributed by atoms with Crippen molar-refractivity contribution in [3.05, 3.63) is 52.5 Å². The highest BCUT2D eigenvalue weighted by molar-refractivity contribution is 5.97. The second kappa shape index (κ2) is 9.45. The monoisotopic (exact) mass is 425 g/mol. The molecule has 1 aromatic heterocycles. The molecule has 2 aliphatic heterocycles. The van der Waals surface area contributed by atoms with E-state index in [9.17, 15) is 4.79 Å². The van der Waals surface area contributed by atoms with Gasteiger partial charge in [-0.3, -0.25) is 14.6 Å². The van der Waals surface area contributed by atoms with Gasteiger partial charge in [0.15, 0.2) is 0 Å². The van der Waals surface area contributed by atoms with Gasteiger partial charge < -0.3 is 14.1 Å². The smallest absolute Gasteiger partial charge is 0.257 e. The first-order valence-corrected chi connectivity index (χ1v) is 11.5. The second-order valence-electron chi connectivity index (χ2n) is 8.83. The Hall–Kier alpha value is -2.31. The predicted molar refractivity (Wildman–Crippen MR) is 121 cm³/mol. The summed E-state index contributed by atoms with van der Waals surface area (Å²) >= 11 is 0. The third kappa shape index (κ3) is 4.65. The molecule has 31 heavy (non-hydrogen) atoms. The summed E-state index contributed by atoms with van der Waals surface area (Å²) in [5, 5.41) is 0. The highest BCUT2D eigenvalue weighted by Crippen LogP contribution is 2.30. The maximum atomic E-state index is 13.5. The first kappa shape index (κ1) is 21.9. The Kier molecular flexibility index (Phi) is 6.68. The van der Waals surface area contributed by atoms with Gasteiger partial charge in [0.05, 0.1) is 12.7 Å². The molecule has 168 valence electrons. The number of ether oxygens (including phenoxy) is 1. The van der Waals surface area contributed by atoms with Gasteiger partial charge in [0, 0.05) is 63.8 Å². The molecule has 1 saturated heterocycles. The molecule has 0 bridgehead atoms. The molecule has 6 heteroatoms. The lowest BCUT2D eigenvalue weighted by Crippen LogP contribution is -2.51. The maximum absolute atomic E-state index is 13.5.